The molecule has 0 radical (unpaired) electrons. The third kappa shape index (κ3) is 6.76. The molecule has 1 atom stereocenters. The van der Waals surface area contributed by atoms with Gasteiger partial charge in [-0.25, -0.2) is 0 Å². The van der Waals surface area contributed by atoms with Crippen molar-refractivity contribution in [2.45, 2.75) is 90.2 Å². The molecule has 0 bridgehead atoms. The molecule has 1 aliphatic carbocycles. The fourth-order valence-corrected chi connectivity index (χ4v) is 3.15. The second kappa shape index (κ2) is 8.97. The number of ether oxygens (including phenoxy) is 1. The molecule has 0 amide bonds. The Kier molecular flexibility index (Phi) is 8.01. The van der Waals surface area contributed by atoms with Gasteiger partial charge in [-0.05, 0) is 58.4 Å². The predicted molar refractivity (Wildman–Crippen MR) is 83.6 cm³/mol. The monoisotopic (exact) mass is 269 g/mol. The molecule has 1 N–H and O–H groups in total. The first-order valence-electron chi connectivity index (χ1n) is 8.37. The number of hydrogen-bond donors (Lipinski definition) is 1. The van der Waals surface area contributed by atoms with Gasteiger partial charge in [0.1, 0.15) is 0 Å². The summed E-state index contributed by atoms with van der Waals surface area (Å²) in [5.41, 5.74) is 0.0247. The van der Waals surface area contributed by atoms with Gasteiger partial charge in [0, 0.05) is 13.2 Å². The van der Waals surface area contributed by atoms with Gasteiger partial charge in [-0.15, -0.1) is 0 Å². The van der Waals surface area contributed by atoms with Crippen LogP contribution in [0.4, 0.5) is 0 Å². The van der Waals surface area contributed by atoms with E-state index in [0.717, 1.165) is 18.9 Å². The van der Waals surface area contributed by atoms with Crippen LogP contribution in [0.15, 0.2) is 0 Å². The minimum atomic E-state index is 0.0247. The summed E-state index contributed by atoms with van der Waals surface area (Å²) in [4.78, 5) is 0. The minimum Gasteiger partial charge on any atom is -0.379 e. The van der Waals surface area contributed by atoms with Crippen molar-refractivity contribution in [3.05, 3.63) is 0 Å². The van der Waals surface area contributed by atoms with Crippen molar-refractivity contribution in [3.63, 3.8) is 0 Å². The van der Waals surface area contributed by atoms with Crippen LogP contribution in [0.1, 0.15) is 78.6 Å². The molecule has 0 aromatic carbocycles. The van der Waals surface area contributed by atoms with Gasteiger partial charge in [0.25, 0.3) is 0 Å². The molecule has 1 rings (SSSR count). The molecule has 1 saturated carbocycles. The van der Waals surface area contributed by atoms with Crippen LogP contribution in [0.5, 0.6) is 0 Å². The fraction of sp³-hybridized carbons (Fsp3) is 1.00. The Balaban J connectivity index is 2.49. The van der Waals surface area contributed by atoms with Crippen LogP contribution in [0.3, 0.4) is 0 Å². The van der Waals surface area contributed by atoms with Crippen LogP contribution in [-0.4, -0.2) is 25.3 Å². The highest BCUT2D eigenvalue weighted by Crippen LogP contribution is 2.29. The van der Waals surface area contributed by atoms with E-state index in [1.807, 2.05) is 7.11 Å². The van der Waals surface area contributed by atoms with E-state index >= 15 is 0 Å². The topological polar surface area (TPSA) is 21.3 Å². The highest BCUT2D eigenvalue weighted by Gasteiger charge is 2.25. The Bertz CT molecular complexity index is 219. The smallest absolute Gasteiger partial charge is 0.0623 e. The van der Waals surface area contributed by atoms with Crippen molar-refractivity contribution >= 4 is 0 Å². The van der Waals surface area contributed by atoms with Gasteiger partial charge in [0.05, 0.1) is 5.60 Å². The lowest BCUT2D eigenvalue weighted by Crippen LogP contribution is -2.38. The zero-order valence-corrected chi connectivity index (χ0v) is 13.6. The molecule has 2 heteroatoms. The Labute approximate surface area is 120 Å². The molecule has 1 fully saturated rings. The minimum absolute atomic E-state index is 0.0247. The highest BCUT2D eigenvalue weighted by molar-refractivity contribution is 4.81. The zero-order valence-electron chi connectivity index (χ0n) is 13.6. The van der Waals surface area contributed by atoms with Crippen LogP contribution < -0.4 is 5.32 Å². The van der Waals surface area contributed by atoms with Crippen molar-refractivity contribution in [1.82, 2.24) is 5.32 Å². The zero-order chi connectivity index (χ0) is 14.1. The predicted octanol–water partition coefficient (Wildman–Crippen LogP) is 4.53. The van der Waals surface area contributed by atoms with E-state index in [2.05, 4.69) is 26.1 Å². The van der Waals surface area contributed by atoms with Gasteiger partial charge in [-0.2, -0.15) is 0 Å². The molecule has 0 aromatic rings. The molecule has 0 spiro atoms. The normalized spacial score (nSPS) is 20.2. The summed E-state index contributed by atoms with van der Waals surface area (Å²) >= 11 is 0. The molecule has 19 heavy (non-hydrogen) atoms. The van der Waals surface area contributed by atoms with Gasteiger partial charge < -0.3 is 10.1 Å². The number of nitrogens with one attached hydrogen (secondary N) is 1. The second-order valence-corrected chi connectivity index (χ2v) is 6.81. The molecule has 0 saturated heterocycles. The Morgan fingerprint density at radius 1 is 1.16 bits per heavy atom. The van der Waals surface area contributed by atoms with Crippen LogP contribution in [0.25, 0.3) is 0 Å². The van der Waals surface area contributed by atoms with E-state index in [1.54, 1.807) is 0 Å². The van der Waals surface area contributed by atoms with E-state index in [9.17, 15) is 0 Å². The van der Waals surface area contributed by atoms with E-state index < -0.39 is 0 Å². The summed E-state index contributed by atoms with van der Waals surface area (Å²) in [6.45, 7) is 7.83. The van der Waals surface area contributed by atoms with E-state index in [1.165, 1.54) is 51.4 Å². The molecule has 1 aliphatic rings. The second-order valence-electron chi connectivity index (χ2n) is 6.81. The number of methoxy groups -OCH3 is 1. The first kappa shape index (κ1) is 17.0. The summed E-state index contributed by atoms with van der Waals surface area (Å²) < 4.78 is 5.58. The lowest BCUT2D eigenvalue weighted by molar-refractivity contribution is 0.00991. The van der Waals surface area contributed by atoms with Crippen molar-refractivity contribution in [2.24, 2.45) is 5.92 Å². The summed E-state index contributed by atoms with van der Waals surface area (Å²) in [6.07, 6.45) is 12.2. The van der Waals surface area contributed by atoms with Gasteiger partial charge in [0.2, 0.25) is 0 Å². The van der Waals surface area contributed by atoms with E-state index in [-0.39, 0.29) is 5.60 Å². The van der Waals surface area contributed by atoms with Crippen molar-refractivity contribution in [2.75, 3.05) is 13.7 Å². The molecular formula is C17H35NO. The van der Waals surface area contributed by atoms with Gasteiger partial charge in [-0.3, -0.25) is 0 Å². The van der Waals surface area contributed by atoms with Gasteiger partial charge in [-0.1, -0.05) is 32.6 Å². The Morgan fingerprint density at radius 2 is 1.79 bits per heavy atom. The van der Waals surface area contributed by atoms with Crippen LogP contribution >= 0.6 is 0 Å². The summed E-state index contributed by atoms with van der Waals surface area (Å²) in [6, 6.07) is 0.701. The van der Waals surface area contributed by atoms with E-state index in [4.69, 9.17) is 4.74 Å². The maximum atomic E-state index is 5.58. The SMILES string of the molecule is CCCNC(CCC(C)(C)OC)C1CCCCCC1. The van der Waals surface area contributed by atoms with Crippen LogP contribution in [-0.2, 0) is 4.74 Å². The van der Waals surface area contributed by atoms with Crippen molar-refractivity contribution in [1.29, 1.82) is 0 Å². The van der Waals surface area contributed by atoms with Crippen molar-refractivity contribution in [3.8, 4) is 0 Å². The average molecular weight is 269 g/mol. The number of hydrogen-bond acceptors (Lipinski definition) is 2. The molecule has 0 aromatic heterocycles. The molecule has 2 nitrogen and oxygen atoms in total. The molecular weight excluding hydrogens is 234 g/mol. The first-order chi connectivity index (χ1) is 9.09. The molecule has 0 heterocycles. The maximum absolute atomic E-state index is 5.58. The van der Waals surface area contributed by atoms with Gasteiger partial charge >= 0.3 is 0 Å². The van der Waals surface area contributed by atoms with E-state index in [0.29, 0.717) is 6.04 Å². The largest absolute Gasteiger partial charge is 0.379 e. The maximum Gasteiger partial charge on any atom is 0.0623 e. The summed E-state index contributed by atoms with van der Waals surface area (Å²) in [5.74, 6) is 0.890. The van der Waals surface area contributed by atoms with Crippen LogP contribution in [0.2, 0.25) is 0 Å². The summed E-state index contributed by atoms with van der Waals surface area (Å²) in [7, 11) is 1.83. The van der Waals surface area contributed by atoms with Crippen molar-refractivity contribution < 1.29 is 4.74 Å². The molecule has 1 unspecified atom stereocenters. The lowest BCUT2D eigenvalue weighted by Gasteiger charge is -2.31. The standard InChI is InChI=1S/C17H35NO/c1-5-14-18-16(12-13-17(2,3)19-4)15-10-8-6-7-9-11-15/h15-16,18H,5-14H2,1-4H3. The third-order valence-corrected chi connectivity index (χ3v) is 4.74. The molecule has 0 aliphatic heterocycles. The lowest BCUT2D eigenvalue weighted by atomic mass is 9.86. The quantitative estimate of drug-likeness (QED) is 0.654. The Hall–Kier alpha value is -0.0800. The van der Waals surface area contributed by atoms with Crippen LogP contribution in [0, 0.1) is 5.92 Å². The fourth-order valence-electron chi connectivity index (χ4n) is 3.15. The Morgan fingerprint density at radius 3 is 2.32 bits per heavy atom. The third-order valence-electron chi connectivity index (χ3n) is 4.74. The highest BCUT2D eigenvalue weighted by atomic mass is 16.5. The average Bonchev–Trinajstić information content (AvgIpc) is 2.68. The number of rotatable bonds is 8. The first-order valence-corrected chi connectivity index (χ1v) is 8.37. The molecule has 114 valence electrons. The summed E-state index contributed by atoms with van der Waals surface area (Å²) in [5, 5.41) is 3.81. The van der Waals surface area contributed by atoms with Gasteiger partial charge in [0.15, 0.2) is 0 Å².